The fourth-order valence-corrected chi connectivity index (χ4v) is 2.38. The van der Waals surface area contributed by atoms with Crippen molar-refractivity contribution in [1.29, 1.82) is 0 Å². The standard InChI is InChI=1S/C14H15FN4OS/c15-11-4-3-10(8-12(11)16)19-13(20)2-1-7-21-14-9-17-5-6-18-14/h3-6,8-9H,1-2,7,16H2,(H,19,20). The minimum atomic E-state index is -0.492. The van der Waals surface area contributed by atoms with Crippen LogP contribution in [-0.2, 0) is 4.79 Å². The van der Waals surface area contributed by atoms with Gasteiger partial charge in [-0.3, -0.25) is 9.78 Å². The summed E-state index contributed by atoms with van der Waals surface area (Å²) in [6.07, 6.45) is 6.03. The van der Waals surface area contributed by atoms with E-state index in [1.807, 2.05) is 0 Å². The van der Waals surface area contributed by atoms with Crippen LogP contribution in [0.1, 0.15) is 12.8 Å². The van der Waals surface area contributed by atoms with Crippen molar-refractivity contribution >= 4 is 29.0 Å². The first-order chi connectivity index (χ1) is 10.1. The van der Waals surface area contributed by atoms with E-state index in [2.05, 4.69) is 15.3 Å². The Balaban J connectivity index is 1.71. The second-order valence-corrected chi connectivity index (χ2v) is 5.40. The Labute approximate surface area is 126 Å². The number of hydrogen-bond donors (Lipinski definition) is 2. The van der Waals surface area contributed by atoms with Gasteiger partial charge in [-0.25, -0.2) is 9.37 Å². The number of nitrogens with zero attached hydrogens (tertiary/aromatic N) is 2. The summed E-state index contributed by atoms with van der Waals surface area (Å²) in [6, 6.07) is 4.12. The molecule has 0 unspecified atom stereocenters. The lowest BCUT2D eigenvalue weighted by atomic mass is 10.2. The van der Waals surface area contributed by atoms with Crippen LogP contribution in [-0.4, -0.2) is 21.6 Å². The summed E-state index contributed by atoms with van der Waals surface area (Å²) >= 11 is 1.55. The number of carbonyl (C=O) groups excluding carboxylic acids is 1. The number of nitrogens with one attached hydrogen (secondary N) is 1. The highest BCUT2D eigenvalue weighted by Gasteiger charge is 2.05. The van der Waals surface area contributed by atoms with Crippen molar-refractivity contribution in [2.75, 3.05) is 16.8 Å². The zero-order chi connectivity index (χ0) is 15.1. The quantitative estimate of drug-likeness (QED) is 0.487. The number of carbonyl (C=O) groups is 1. The lowest BCUT2D eigenvalue weighted by Crippen LogP contribution is -2.11. The van der Waals surface area contributed by atoms with Crippen molar-refractivity contribution in [1.82, 2.24) is 9.97 Å². The van der Waals surface area contributed by atoms with Crippen LogP contribution in [0.3, 0.4) is 0 Å². The molecule has 1 aromatic heterocycles. The molecule has 1 heterocycles. The van der Waals surface area contributed by atoms with Gasteiger partial charge in [0.05, 0.1) is 11.9 Å². The van der Waals surface area contributed by atoms with Gasteiger partial charge < -0.3 is 11.1 Å². The van der Waals surface area contributed by atoms with Gasteiger partial charge in [0.25, 0.3) is 0 Å². The second kappa shape index (κ2) is 7.58. The van der Waals surface area contributed by atoms with Crippen LogP contribution in [0.15, 0.2) is 41.8 Å². The van der Waals surface area contributed by atoms with Gasteiger partial charge in [-0.05, 0) is 24.6 Å². The molecule has 0 radical (unpaired) electrons. The van der Waals surface area contributed by atoms with Crippen LogP contribution in [0.5, 0.6) is 0 Å². The Morgan fingerprint density at radius 3 is 2.95 bits per heavy atom. The summed E-state index contributed by atoms with van der Waals surface area (Å²) in [5, 5.41) is 3.52. The van der Waals surface area contributed by atoms with Gasteiger partial charge in [0.15, 0.2) is 0 Å². The molecule has 1 aromatic carbocycles. The number of rotatable bonds is 6. The Hall–Kier alpha value is -2.15. The first-order valence-electron chi connectivity index (χ1n) is 6.39. The Morgan fingerprint density at radius 1 is 1.38 bits per heavy atom. The van der Waals surface area contributed by atoms with Crippen molar-refractivity contribution < 1.29 is 9.18 Å². The fourth-order valence-electron chi connectivity index (χ4n) is 1.61. The molecule has 0 saturated heterocycles. The molecule has 0 atom stereocenters. The van der Waals surface area contributed by atoms with Crippen molar-refractivity contribution in [3.05, 3.63) is 42.6 Å². The third kappa shape index (κ3) is 5.03. The van der Waals surface area contributed by atoms with Crippen molar-refractivity contribution in [3.8, 4) is 0 Å². The third-order valence-electron chi connectivity index (χ3n) is 2.62. The van der Waals surface area contributed by atoms with Crippen molar-refractivity contribution in [2.45, 2.75) is 17.9 Å². The molecule has 0 fully saturated rings. The molecule has 0 bridgehead atoms. The van der Waals surface area contributed by atoms with Gasteiger partial charge in [-0.1, -0.05) is 0 Å². The van der Waals surface area contributed by atoms with E-state index in [0.717, 1.165) is 10.8 Å². The Kier molecular flexibility index (Phi) is 5.51. The number of aromatic nitrogens is 2. The summed E-state index contributed by atoms with van der Waals surface area (Å²) < 4.78 is 13.0. The maximum atomic E-state index is 13.0. The number of halogens is 1. The molecule has 2 rings (SSSR count). The number of thioether (sulfide) groups is 1. The highest BCUT2D eigenvalue weighted by Crippen LogP contribution is 2.18. The molecule has 0 saturated carbocycles. The van der Waals surface area contributed by atoms with E-state index >= 15 is 0 Å². The molecular formula is C14H15FN4OS. The molecule has 5 nitrogen and oxygen atoms in total. The number of nitrogens with two attached hydrogens (primary N) is 1. The largest absolute Gasteiger partial charge is 0.396 e. The monoisotopic (exact) mass is 306 g/mol. The third-order valence-corrected chi connectivity index (χ3v) is 3.62. The van der Waals surface area contributed by atoms with Crippen LogP contribution >= 0.6 is 11.8 Å². The smallest absolute Gasteiger partial charge is 0.224 e. The zero-order valence-electron chi connectivity index (χ0n) is 11.3. The fraction of sp³-hybridized carbons (Fsp3) is 0.214. The van der Waals surface area contributed by atoms with Crippen LogP contribution in [0.4, 0.5) is 15.8 Å². The van der Waals surface area contributed by atoms with Crippen LogP contribution < -0.4 is 11.1 Å². The summed E-state index contributed by atoms with van der Waals surface area (Å²) in [6.45, 7) is 0. The molecule has 2 aromatic rings. The zero-order valence-corrected chi connectivity index (χ0v) is 12.1. The number of nitrogen functional groups attached to an aromatic ring is 1. The van der Waals surface area contributed by atoms with E-state index in [1.54, 1.807) is 30.4 Å². The first-order valence-corrected chi connectivity index (χ1v) is 7.37. The highest BCUT2D eigenvalue weighted by molar-refractivity contribution is 7.99. The molecule has 0 aliphatic rings. The predicted molar refractivity (Wildman–Crippen MR) is 81.4 cm³/mol. The van der Waals surface area contributed by atoms with E-state index < -0.39 is 5.82 Å². The molecule has 7 heteroatoms. The molecule has 3 N–H and O–H groups in total. The van der Waals surface area contributed by atoms with E-state index in [-0.39, 0.29) is 11.6 Å². The first kappa shape index (κ1) is 15.2. The summed E-state index contributed by atoms with van der Waals surface area (Å²) in [5.41, 5.74) is 5.96. The average molecular weight is 306 g/mol. The number of hydrogen-bond acceptors (Lipinski definition) is 5. The number of amides is 1. The van der Waals surface area contributed by atoms with Gasteiger partial charge in [0, 0.05) is 30.3 Å². The van der Waals surface area contributed by atoms with E-state index in [9.17, 15) is 9.18 Å². The maximum Gasteiger partial charge on any atom is 0.224 e. The summed E-state index contributed by atoms with van der Waals surface area (Å²) in [5.74, 6) is 0.159. The van der Waals surface area contributed by atoms with Gasteiger partial charge in [0.1, 0.15) is 10.8 Å². The minimum absolute atomic E-state index is 0.0195. The van der Waals surface area contributed by atoms with Crippen LogP contribution in [0, 0.1) is 5.82 Å². The topological polar surface area (TPSA) is 80.9 Å². The normalized spacial score (nSPS) is 10.3. The lowest BCUT2D eigenvalue weighted by Gasteiger charge is -2.06. The van der Waals surface area contributed by atoms with Crippen LogP contribution in [0.2, 0.25) is 0 Å². The van der Waals surface area contributed by atoms with E-state index in [1.165, 1.54) is 18.2 Å². The number of anilines is 2. The molecule has 0 aliphatic carbocycles. The Bertz CT molecular complexity index is 609. The van der Waals surface area contributed by atoms with E-state index in [0.29, 0.717) is 18.5 Å². The SMILES string of the molecule is Nc1cc(NC(=O)CCCSc2cnccn2)ccc1F. The summed E-state index contributed by atoms with van der Waals surface area (Å²) in [4.78, 5) is 19.8. The van der Waals surface area contributed by atoms with Crippen LogP contribution in [0.25, 0.3) is 0 Å². The van der Waals surface area contributed by atoms with Gasteiger partial charge >= 0.3 is 0 Å². The van der Waals surface area contributed by atoms with Gasteiger partial charge in [0.2, 0.25) is 5.91 Å². The maximum absolute atomic E-state index is 13.0. The molecule has 21 heavy (non-hydrogen) atoms. The van der Waals surface area contributed by atoms with Gasteiger partial charge in [-0.2, -0.15) is 0 Å². The Morgan fingerprint density at radius 2 is 2.24 bits per heavy atom. The minimum Gasteiger partial charge on any atom is -0.396 e. The van der Waals surface area contributed by atoms with Crippen molar-refractivity contribution in [3.63, 3.8) is 0 Å². The van der Waals surface area contributed by atoms with Crippen molar-refractivity contribution in [2.24, 2.45) is 0 Å². The highest BCUT2D eigenvalue weighted by atomic mass is 32.2. The lowest BCUT2D eigenvalue weighted by molar-refractivity contribution is -0.116. The predicted octanol–water partition coefficient (Wildman–Crippen LogP) is 2.71. The summed E-state index contributed by atoms with van der Waals surface area (Å²) in [7, 11) is 0. The second-order valence-electron chi connectivity index (χ2n) is 4.28. The molecule has 1 amide bonds. The number of benzene rings is 1. The average Bonchev–Trinajstić information content (AvgIpc) is 2.49. The molecular weight excluding hydrogens is 291 g/mol. The van der Waals surface area contributed by atoms with Gasteiger partial charge in [-0.15, -0.1) is 11.8 Å². The molecule has 0 aliphatic heterocycles. The van der Waals surface area contributed by atoms with E-state index in [4.69, 9.17) is 5.73 Å². The molecule has 0 spiro atoms. The molecule has 110 valence electrons.